The van der Waals surface area contributed by atoms with Gasteiger partial charge in [0.25, 0.3) is 0 Å². The van der Waals surface area contributed by atoms with Gasteiger partial charge in [-0.2, -0.15) is 0 Å². The van der Waals surface area contributed by atoms with E-state index < -0.39 is 0 Å². The monoisotopic (exact) mass is 331 g/mol. The topological polar surface area (TPSA) is 12.0 Å². The third-order valence-corrected chi connectivity index (χ3v) is 4.13. The zero-order chi connectivity index (χ0) is 13.6. The van der Waals surface area contributed by atoms with Gasteiger partial charge in [0.1, 0.15) is 0 Å². The van der Waals surface area contributed by atoms with E-state index in [-0.39, 0.29) is 5.41 Å². The third kappa shape index (κ3) is 4.91. The summed E-state index contributed by atoms with van der Waals surface area (Å²) in [5.41, 5.74) is 1.52. The van der Waals surface area contributed by atoms with Gasteiger partial charge in [-0.15, -0.1) is 0 Å². The van der Waals surface area contributed by atoms with E-state index in [0.29, 0.717) is 0 Å². The minimum atomic E-state index is 0.280. The van der Waals surface area contributed by atoms with Crippen LogP contribution in [0.25, 0.3) is 0 Å². The first-order valence-electron chi connectivity index (χ1n) is 6.65. The lowest BCUT2D eigenvalue weighted by molar-refractivity contribution is 0.277. The van der Waals surface area contributed by atoms with E-state index in [1.165, 1.54) is 18.4 Å². The van der Waals surface area contributed by atoms with Gasteiger partial charge in [-0.05, 0) is 42.5 Å². The number of halogens is 2. The lowest BCUT2D eigenvalue weighted by atomic mass is 9.79. The van der Waals surface area contributed by atoms with Crippen LogP contribution in [-0.2, 0) is 6.42 Å². The molecule has 0 spiro atoms. The summed E-state index contributed by atoms with van der Waals surface area (Å²) in [6, 6.07) is 6.18. The van der Waals surface area contributed by atoms with Crippen molar-refractivity contribution in [1.29, 1.82) is 0 Å². The second-order valence-electron chi connectivity index (χ2n) is 5.25. The van der Waals surface area contributed by atoms with Crippen LogP contribution in [0.2, 0.25) is 5.02 Å². The first-order chi connectivity index (χ1) is 8.50. The fourth-order valence-corrected chi connectivity index (χ4v) is 3.13. The Bertz CT molecular complexity index is 381. The Morgan fingerprint density at radius 1 is 1.33 bits per heavy atom. The van der Waals surface area contributed by atoms with Gasteiger partial charge in [-0.25, -0.2) is 0 Å². The van der Waals surface area contributed by atoms with Gasteiger partial charge in [0, 0.05) is 16.0 Å². The molecule has 0 aliphatic rings. The average Bonchev–Trinajstić information content (AvgIpc) is 2.31. The van der Waals surface area contributed by atoms with E-state index >= 15 is 0 Å². The Hall–Kier alpha value is -0.0500. The molecular formula is C15H23BrClN. The van der Waals surface area contributed by atoms with Crippen molar-refractivity contribution in [3.63, 3.8) is 0 Å². The maximum Gasteiger partial charge on any atom is 0.0449 e. The van der Waals surface area contributed by atoms with Crippen LogP contribution in [0.4, 0.5) is 0 Å². The number of nitrogens with one attached hydrogen (secondary N) is 1. The first kappa shape index (κ1) is 16.0. The van der Waals surface area contributed by atoms with E-state index in [1.54, 1.807) is 0 Å². The molecule has 1 unspecified atom stereocenters. The molecule has 1 aromatic rings. The second-order valence-corrected chi connectivity index (χ2v) is 6.58. The van der Waals surface area contributed by atoms with Crippen LogP contribution in [0.5, 0.6) is 0 Å². The van der Waals surface area contributed by atoms with Crippen LogP contribution in [-0.4, -0.2) is 13.1 Å². The highest BCUT2D eigenvalue weighted by atomic mass is 79.9. The van der Waals surface area contributed by atoms with Crippen molar-refractivity contribution in [1.82, 2.24) is 5.32 Å². The standard InChI is InChI=1S/C15H23BrClN/c1-4-8-15(3,11-18-5-2)10-12-6-7-13(16)9-14(12)17/h6-7,9,18H,4-5,8,10-11H2,1-3H3. The van der Waals surface area contributed by atoms with Gasteiger partial charge in [-0.3, -0.25) is 0 Å². The summed E-state index contributed by atoms with van der Waals surface area (Å²) in [4.78, 5) is 0. The van der Waals surface area contributed by atoms with Crippen molar-refractivity contribution in [2.24, 2.45) is 5.41 Å². The molecule has 0 aliphatic carbocycles. The Balaban J connectivity index is 2.81. The summed E-state index contributed by atoms with van der Waals surface area (Å²) in [7, 11) is 0. The summed E-state index contributed by atoms with van der Waals surface area (Å²) in [5.74, 6) is 0. The maximum absolute atomic E-state index is 6.32. The molecule has 0 heterocycles. The molecule has 0 saturated carbocycles. The molecule has 1 nitrogen and oxygen atoms in total. The zero-order valence-electron chi connectivity index (χ0n) is 11.5. The summed E-state index contributed by atoms with van der Waals surface area (Å²) in [5, 5.41) is 4.34. The van der Waals surface area contributed by atoms with Gasteiger partial charge in [-0.1, -0.05) is 60.8 Å². The van der Waals surface area contributed by atoms with E-state index in [9.17, 15) is 0 Å². The molecule has 0 fully saturated rings. The normalized spacial score (nSPS) is 14.5. The van der Waals surface area contributed by atoms with Crippen molar-refractivity contribution in [3.8, 4) is 0 Å². The van der Waals surface area contributed by atoms with Gasteiger partial charge in [0.05, 0.1) is 0 Å². The van der Waals surface area contributed by atoms with Crippen LogP contribution in [0.3, 0.4) is 0 Å². The SMILES string of the molecule is CCCC(C)(CNCC)Cc1ccc(Br)cc1Cl. The van der Waals surface area contributed by atoms with Crippen molar-refractivity contribution in [3.05, 3.63) is 33.3 Å². The molecule has 3 heteroatoms. The van der Waals surface area contributed by atoms with Crippen molar-refractivity contribution < 1.29 is 0 Å². The minimum Gasteiger partial charge on any atom is -0.316 e. The van der Waals surface area contributed by atoms with Crippen LogP contribution in [0, 0.1) is 5.41 Å². The largest absolute Gasteiger partial charge is 0.316 e. The highest BCUT2D eigenvalue weighted by Crippen LogP contribution is 2.31. The average molecular weight is 333 g/mol. The summed E-state index contributed by atoms with van der Waals surface area (Å²) < 4.78 is 1.04. The maximum atomic E-state index is 6.32. The highest BCUT2D eigenvalue weighted by molar-refractivity contribution is 9.10. The lowest BCUT2D eigenvalue weighted by Gasteiger charge is -2.30. The molecule has 1 aromatic carbocycles. The molecule has 0 radical (unpaired) electrons. The van der Waals surface area contributed by atoms with Crippen LogP contribution in [0.15, 0.2) is 22.7 Å². The predicted molar refractivity (Wildman–Crippen MR) is 84.4 cm³/mol. The van der Waals surface area contributed by atoms with E-state index in [0.717, 1.165) is 29.0 Å². The van der Waals surface area contributed by atoms with Crippen LogP contribution < -0.4 is 5.32 Å². The van der Waals surface area contributed by atoms with Crippen molar-refractivity contribution in [2.75, 3.05) is 13.1 Å². The number of hydrogen-bond donors (Lipinski definition) is 1. The summed E-state index contributed by atoms with van der Waals surface area (Å²) >= 11 is 9.77. The second kappa shape index (κ2) is 7.52. The first-order valence-corrected chi connectivity index (χ1v) is 7.82. The molecule has 0 bridgehead atoms. The van der Waals surface area contributed by atoms with Gasteiger partial charge >= 0.3 is 0 Å². The Morgan fingerprint density at radius 3 is 2.61 bits per heavy atom. The Labute approximate surface area is 124 Å². The molecule has 1 rings (SSSR count). The lowest BCUT2D eigenvalue weighted by Crippen LogP contribution is -2.33. The minimum absolute atomic E-state index is 0.280. The van der Waals surface area contributed by atoms with Gasteiger partial charge in [0.15, 0.2) is 0 Å². The van der Waals surface area contributed by atoms with Gasteiger partial charge < -0.3 is 5.32 Å². The molecule has 18 heavy (non-hydrogen) atoms. The Morgan fingerprint density at radius 2 is 2.06 bits per heavy atom. The highest BCUT2D eigenvalue weighted by Gasteiger charge is 2.24. The smallest absolute Gasteiger partial charge is 0.0449 e. The number of benzene rings is 1. The summed E-state index contributed by atoms with van der Waals surface area (Å²) in [6.45, 7) is 8.81. The van der Waals surface area contributed by atoms with Crippen molar-refractivity contribution >= 4 is 27.5 Å². The number of hydrogen-bond acceptors (Lipinski definition) is 1. The van der Waals surface area contributed by atoms with Crippen LogP contribution >= 0.6 is 27.5 Å². The van der Waals surface area contributed by atoms with E-state index in [2.05, 4.69) is 54.2 Å². The van der Waals surface area contributed by atoms with Crippen molar-refractivity contribution in [2.45, 2.75) is 40.0 Å². The Kier molecular flexibility index (Phi) is 6.68. The van der Waals surface area contributed by atoms with E-state index in [4.69, 9.17) is 11.6 Å². The molecule has 0 aliphatic heterocycles. The number of rotatable bonds is 7. The molecule has 1 atom stereocenters. The molecule has 102 valence electrons. The molecule has 1 N–H and O–H groups in total. The fraction of sp³-hybridized carbons (Fsp3) is 0.600. The summed E-state index contributed by atoms with van der Waals surface area (Å²) in [6.07, 6.45) is 3.45. The zero-order valence-corrected chi connectivity index (χ0v) is 13.9. The molecule has 0 aromatic heterocycles. The van der Waals surface area contributed by atoms with E-state index in [1.807, 2.05) is 6.07 Å². The molecule has 0 saturated heterocycles. The quantitative estimate of drug-likeness (QED) is 0.736. The molecule has 0 amide bonds. The van der Waals surface area contributed by atoms with Gasteiger partial charge in [0.2, 0.25) is 0 Å². The third-order valence-electron chi connectivity index (χ3n) is 3.29. The molecular weight excluding hydrogens is 310 g/mol. The van der Waals surface area contributed by atoms with Crippen LogP contribution in [0.1, 0.15) is 39.2 Å². The fourth-order valence-electron chi connectivity index (χ4n) is 2.39. The predicted octanol–water partition coefficient (Wildman–Crippen LogP) is 5.06.